The van der Waals surface area contributed by atoms with Crippen LogP contribution in [0.4, 0.5) is 11.6 Å². The van der Waals surface area contributed by atoms with Crippen molar-refractivity contribution in [2.75, 3.05) is 5.32 Å². The summed E-state index contributed by atoms with van der Waals surface area (Å²) in [7, 11) is -3.77. The van der Waals surface area contributed by atoms with Gasteiger partial charge >= 0.3 is 0 Å². The minimum absolute atomic E-state index is 0.0290. The second-order valence-corrected chi connectivity index (χ2v) is 9.23. The van der Waals surface area contributed by atoms with Crippen molar-refractivity contribution >= 4 is 44.2 Å². The summed E-state index contributed by atoms with van der Waals surface area (Å²) in [5, 5.41) is 17.2. The summed E-state index contributed by atoms with van der Waals surface area (Å²) in [5.74, 6) is 2.21. The van der Waals surface area contributed by atoms with Crippen molar-refractivity contribution in [3.05, 3.63) is 59.2 Å². The number of aromatic amines is 1. The number of nitrogens with two attached hydrogens (primary N) is 1. The maximum absolute atomic E-state index is 11.5. The van der Waals surface area contributed by atoms with Crippen molar-refractivity contribution < 1.29 is 8.42 Å². The van der Waals surface area contributed by atoms with E-state index in [2.05, 4.69) is 25.5 Å². The van der Waals surface area contributed by atoms with Gasteiger partial charge in [-0.1, -0.05) is 11.6 Å². The van der Waals surface area contributed by atoms with Crippen LogP contribution >= 0.6 is 11.6 Å². The third kappa shape index (κ3) is 3.74. The summed E-state index contributed by atoms with van der Waals surface area (Å²) in [6, 6.07) is 13.5. The minimum atomic E-state index is -3.77. The van der Waals surface area contributed by atoms with E-state index in [1.54, 1.807) is 24.3 Å². The molecule has 10 heteroatoms. The Labute approximate surface area is 177 Å². The van der Waals surface area contributed by atoms with E-state index in [4.69, 9.17) is 16.7 Å². The van der Waals surface area contributed by atoms with Crippen molar-refractivity contribution in [1.29, 1.82) is 0 Å². The molecule has 152 valence electrons. The number of nitrogens with one attached hydrogen (secondary N) is 2. The highest BCUT2D eigenvalue weighted by molar-refractivity contribution is 7.89. The Morgan fingerprint density at radius 3 is 2.53 bits per heavy atom. The smallest absolute Gasteiger partial charge is 0.238 e. The lowest BCUT2D eigenvalue weighted by atomic mass is 10.2. The van der Waals surface area contributed by atoms with Gasteiger partial charge in [0.05, 0.1) is 10.4 Å². The first-order valence-electron chi connectivity index (χ1n) is 9.30. The lowest BCUT2D eigenvalue weighted by molar-refractivity contribution is 0.598. The average molecular weight is 441 g/mol. The van der Waals surface area contributed by atoms with Gasteiger partial charge in [-0.05, 0) is 55.3 Å². The number of H-pyrrole nitrogens is 1. The van der Waals surface area contributed by atoms with Crippen LogP contribution in [0.1, 0.15) is 24.5 Å². The molecule has 2 aromatic carbocycles. The fraction of sp³-hybridized carbons (Fsp3) is 0.150. The van der Waals surface area contributed by atoms with Crippen molar-refractivity contribution in [2.45, 2.75) is 23.7 Å². The number of sulfonamides is 1. The number of anilines is 2. The molecule has 4 N–H and O–H groups in total. The van der Waals surface area contributed by atoms with E-state index in [0.717, 1.165) is 11.1 Å². The predicted molar refractivity (Wildman–Crippen MR) is 115 cm³/mol. The van der Waals surface area contributed by atoms with Crippen LogP contribution in [-0.4, -0.2) is 28.6 Å². The molecule has 30 heavy (non-hydrogen) atoms. The molecule has 0 aliphatic heterocycles. The number of hydrogen-bond acceptors (Lipinski definition) is 6. The van der Waals surface area contributed by atoms with E-state index in [1.807, 2.05) is 12.1 Å². The third-order valence-electron chi connectivity index (χ3n) is 4.96. The molecule has 2 aromatic heterocycles. The maximum atomic E-state index is 11.5. The van der Waals surface area contributed by atoms with Crippen molar-refractivity contribution in [2.24, 2.45) is 5.14 Å². The summed E-state index contributed by atoms with van der Waals surface area (Å²) in [4.78, 5) is 9.29. The van der Waals surface area contributed by atoms with Crippen LogP contribution in [0.5, 0.6) is 0 Å². The summed E-state index contributed by atoms with van der Waals surface area (Å²) in [6.07, 6.45) is 2.35. The van der Waals surface area contributed by atoms with E-state index in [0.29, 0.717) is 39.5 Å². The summed E-state index contributed by atoms with van der Waals surface area (Å²) in [6.45, 7) is 0. The van der Waals surface area contributed by atoms with E-state index in [1.165, 1.54) is 25.0 Å². The van der Waals surface area contributed by atoms with Crippen LogP contribution in [0.15, 0.2) is 53.4 Å². The van der Waals surface area contributed by atoms with Crippen LogP contribution in [0.3, 0.4) is 0 Å². The Balaban J connectivity index is 1.58. The molecule has 1 aliphatic carbocycles. The van der Waals surface area contributed by atoms with E-state index < -0.39 is 10.0 Å². The molecular weight excluding hydrogens is 424 g/mol. The Hall–Kier alpha value is -3.01. The maximum Gasteiger partial charge on any atom is 0.238 e. The van der Waals surface area contributed by atoms with Gasteiger partial charge in [-0.3, -0.25) is 5.10 Å². The molecular formula is C20H17ClN6O2S. The number of aromatic nitrogens is 4. The first kappa shape index (κ1) is 19.0. The molecule has 1 aliphatic rings. The van der Waals surface area contributed by atoms with Crippen LogP contribution in [0.25, 0.3) is 22.3 Å². The molecule has 0 saturated heterocycles. The number of rotatable bonds is 5. The normalized spacial score (nSPS) is 14.2. The summed E-state index contributed by atoms with van der Waals surface area (Å²) in [5.41, 5.74) is 2.45. The monoisotopic (exact) mass is 440 g/mol. The topological polar surface area (TPSA) is 127 Å². The number of nitrogens with zero attached hydrogens (tertiary/aromatic N) is 3. The van der Waals surface area contributed by atoms with Crippen molar-refractivity contribution in [1.82, 2.24) is 20.2 Å². The standard InChI is InChI=1S/C20H17ClN6O2S/c21-13-5-8-16-15(9-13)20(24-18-10-17(26-27-18)11-1-2-11)25-19(23-16)12-3-6-14(7-4-12)30(22,28)29/h3-11H,1-2H2,(H2,22,28,29)(H2,23,24,25,26,27). The fourth-order valence-electron chi connectivity index (χ4n) is 3.24. The van der Waals surface area contributed by atoms with Crippen molar-refractivity contribution in [3.8, 4) is 11.4 Å². The number of halogens is 1. The van der Waals surface area contributed by atoms with Crippen molar-refractivity contribution in [3.63, 3.8) is 0 Å². The predicted octanol–water partition coefficient (Wildman–Crippen LogP) is 3.94. The zero-order valence-electron chi connectivity index (χ0n) is 15.6. The molecule has 0 amide bonds. The zero-order valence-corrected chi connectivity index (χ0v) is 17.2. The second-order valence-electron chi connectivity index (χ2n) is 7.23. The van der Waals surface area contributed by atoms with Crippen LogP contribution in [0, 0.1) is 0 Å². The van der Waals surface area contributed by atoms with E-state index in [9.17, 15) is 8.42 Å². The van der Waals surface area contributed by atoms with Gasteiger partial charge in [0.15, 0.2) is 11.6 Å². The van der Waals surface area contributed by atoms with Crippen LogP contribution in [0.2, 0.25) is 5.02 Å². The van der Waals surface area contributed by atoms with Gasteiger partial charge in [0.1, 0.15) is 5.82 Å². The summed E-state index contributed by atoms with van der Waals surface area (Å²) >= 11 is 6.19. The van der Waals surface area contributed by atoms with E-state index >= 15 is 0 Å². The van der Waals surface area contributed by atoms with Gasteiger partial charge in [-0.25, -0.2) is 23.5 Å². The third-order valence-corrected chi connectivity index (χ3v) is 6.12. The minimum Gasteiger partial charge on any atom is -0.323 e. The van der Waals surface area contributed by atoms with E-state index in [-0.39, 0.29) is 4.90 Å². The Bertz CT molecular complexity index is 1360. The van der Waals surface area contributed by atoms with Gasteiger partial charge in [0.2, 0.25) is 10.0 Å². The molecule has 2 heterocycles. The van der Waals surface area contributed by atoms with Crippen LogP contribution in [-0.2, 0) is 10.0 Å². The molecule has 0 atom stereocenters. The molecule has 0 unspecified atom stereocenters. The second kappa shape index (κ2) is 7.05. The quantitative estimate of drug-likeness (QED) is 0.431. The van der Waals surface area contributed by atoms with Gasteiger partial charge in [0, 0.05) is 33.7 Å². The highest BCUT2D eigenvalue weighted by Crippen LogP contribution is 2.40. The van der Waals surface area contributed by atoms with Gasteiger partial charge in [-0.15, -0.1) is 0 Å². The highest BCUT2D eigenvalue weighted by Gasteiger charge is 2.25. The molecule has 1 fully saturated rings. The molecule has 8 nitrogen and oxygen atoms in total. The molecule has 1 saturated carbocycles. The first-order valence-corrected chi connectivity index (χ1v) is 11.2. The van der Waals surface area contributed by atoms with Gasteiger partial charge in [0.25, 0.3) is 0 Å². The SMILES string of the molecule is NS(=O)(=O)c1ccc(-c2nc(Nc3cc(C4CC4)[nH]n3)c3cc(Cl)ccc3n2)cc1. The first-order chi connectivity index (χ1) is 14.4. The highest BCUT2D eigenvalue weighted by atomic mass is 35.5. The van der Waals surface area contributed by atoms with Gasteiger partial charge in [-0.2, -0.15) is 5.10 Å². The average Bonchev–Trinajstić information content (AvgIpc) is 3.47. The van der Waals surface area contributed by atoms with Gasteiger partial charge < -0.3 is 5.32 Å². The summed E-state index contributed by atoms with van der Waals surface area (Å²) < 4.78 is 23.0. The number of hydrogen-bond donors (Lipinski definition) is 3. The van der Waals surface area contributed by atoms with Crippen LogP contribution < -0.4 is 10.5 Å². The largest absolute Gasteiger partial charge is 0.323 e. The Kier molecular flexibility index (Phi) is 4.46. The molecule has 0 spiro atoms. The Morgan fingerprint density at radius 1 is 1.07 bits per heavy atom. The lowest BCUT2D eigenvalue weighted by Crippen LogP contribution is -2.11. The number of fused-ring (bicyclic) bond motifs is 1. The molecule has 5 rings (SSSR count). The molecule has 4 aromatic rings. The lowest BCUT2D eigenvalue weighted by Gasteiger charge is -2.10. The zero-order chi connectivity index (χ0) is 20.9. The molecule has 0 bridgehead atoms. The Morgan fingerprint density at radius 2 is 1.83 bits per heavy atom. The molecule has 0 radical (unpaired) electrons. The fourth-order valence-corrected chi connectivity index (χ4v) is 3.93. The number of benzene rings is 2. The number of primary sulfonamides is 1.